The van der Waals surface area contributed by atoms with Crippen LogP contribution in [0.5, 0.6) is 0 Å². The minimum atomic E-state index is -0.606. The standard InChI is InChI=1S/C8H14O5/c1-3-10-8-12-5-7(13-8)4-11-6(2)9/h7-8H,3-5H2,1-2H3/t7-,8+/m1/s1. The molecule has 0 saturated carbocycles. The van der Waals surface area contributed by atoms with E-state index < -0.39 is 6.48 Å². The van der Waals surface area contributed by atoms with Crippen LogP contribution in [0.4, 0.5) is 0 Å². The molecule has 5 heteroatoms. The van der Waals surface area contributed by atoms with Crippen molar-refractivity contribution in [1.29, 1.82) is 0 Å². The minimum Gasteiger partial charge on any atom is -0.463 e. The van der Waals surface area contributed by atoms with Gasteiger partial charge in [0.1, 0.15) is 12.7 Å². The molecule has 1 rings (SSSR count). The van der Waals surface area contributed by atoms with Crippen molar-refractivity contribution in [3.05, 3.63) is 0 Å². The Morgan fingerprint density at radius 3 is 3.00 bits per heavy atom. The first-order valence-corrected chi connectivity index (χ1v) is 4.24. The van der Waals surface area contributed by atoms with Crippen LogP contribution in [0.15, 0.2) is 0 Å². The van der Waals surface area contributed by atoms with E-state index in [1.54, 1.807) is 0 Å². The molecule has 0 unspecified atom stereocenters. The zero-order valence-electron chi connectivity index (χ0n) is 7.82. The highest BCUT2D eigenvalue weighted by Gasteiger charge is 2.26. The fourth-order valence-electron chi connectivity index (χ4n) is 0.943. The van der Waals surface area contributed by atoms with Gasteiger partial charge in [-0.2, -0.15) is 0 Å². The Bertz CT molecular complexity index is 170. The number of hydrogen-bond donors (Lipinski definition) is 0. The van der Waals surface area contributed by atoms with Crippen LogP contribution in [0.3, 0.4) is 0 Å². The highest BCUT2D eigenvalue weighted by Crippen LogP contribution is 2.12. The molecule has 0 aliphatic carbocycles. The lowest BCUT2D eigenvalue weighted by Gasteiger charge is -2.10. The molecule has 5 nitrogen and oxygen atoms in total. The number of hydrogen-bond acceptors (Lipinski definition) is 5. The molecule has 0 spiro atoms. The first kappa shape index (κ1) is 10.4. The zero-order chi connectivity index (χ0) is 9.68. The van der Waals surface area contributed by atoms with Crippen LogP contribution in [0.25, 0.3) is 0 Å². The summed E-state index contributed by atoms with van der Waals surface area (Å²) in [4.78, 5) is 10.5. The van der Waals surface area contributed by atoms with Gasteiger partial charge in [0.15, 0.2) is 0 Å². The van der Waals surface area contributed by atoms with E-state index in [1.807, 2.05) is 6.92 Å². The maximum absolute atomic E-state index is 10.5. The lowest BCUT2D eigenvalue weighted by atomic mass is 10.4. The number of carbonyl (C=O) groups excluding carboxylic acids is 1. The highest BCUT2D eigenvalue weighted by atomic mass is 16.9. The van der Waals surface area contributed by atoms with Crippen molar-refractivity contribution in [3.8, 4) is 0 Å². The summed E-state index contributed by atoms with van der Waals surface area (Å²) in [5.74, 6) is -0.316. The molecule has 76 valence electrons. The molecule has 1 aliphatic heterocycles. The molecule has 13 heavy (non-hydrogen) atoms. The van der Waals surface area contributed by atoms with Gasteiger partial charge in [-0.05, 0) is 6.92 Å². The number of rotatable bonds is 4. The normalized spacial score (nSPS) is 27.5. The number of esters is 1. The van der Waals surface area contributed by atoms with Gasteiger partial charge in [-0.1, -0.05) is 0 Å². The molecule has 0 N–H and O–H groups in total. The third-order valence-corrected chi connectivity index (χ3v) is 1.50. The van der Waals surface area contributed by atoms with Gasteiger partial charge in [0.25, 0.3) is 6.48 Å². The Morgan fingerprint density at radius 2 is 2.38 bits per heavy atom. The Morgan fingerprint density at radius 1 is 1.62 bits per heavy atom. The summed E-state index contributed by atoms with van der Waals surface area (Å²) in [6, 6.07) is 0. The van der Waals surface area contributed by atoms with E-state index in [1.165, 1.54) is 6.92 Å². The lowest BCUT2D eigenvalue weighted by molar-refractivity contribution is -0.237. The fraction of sp³-hybridized carbons (Fsp3) is 0.875. The summed E-state index contributed by atoms with van der Waals surface area (Å²) in [7, 11) is 0. The van der Waals surface area contributed by atoms with Crippen LogP contribution in [0.1, 0.15) is 13.8 Å². The zero-order valence-corrected chi connectivity index (χ0v) is 7.82. The summed E-state index contributed by atoms with van der Waals surface area (Å²) in [5.41, 5.74) is 0. The predicted octanol–water partition coefficient (Wildman–Crippen LogP) is 0.285. The largest absolute Gasteiger partial charge is 0.463 e. The van der Waals surface area contributed by atoms with Crippen molar-refractivity contribution in [2.45, 2.75) is 26.4 Å². The molecule has 1 heterocycles. The third-order valence-electron chi connectivity index (χ3n) is 1.50. The van der Waals surface area contributed by atoms with Gasteiger partial charge in [0, 0.05) is 13.5 Å². The van der Waals surface area contributed by atoms with Crippen molar-refractivity contribution < 1.29 is 23.7 Å². The first-order chi connectivity index (χ1) is 6.22. The number of ether oxygens (including phenoxy) is 4. The van der Waals surface area contributed by atoms with Gasteiger partial charge in [0.05, 0.1) is 6.61 Å². The van der Waals surface area contributed by atoms with Crippen molar-refractivity contribution in [2.75, 3.05) is 19.8 Å². The summed E-state index contributed by atoms with van der Waals surface area (Å²) in [5, 5.41) is 0. The van der Waals surface area contributed by atoms with Crippen LogP contribution in [-0.2, 0) is 23.7 Å². The summed E-state index contributed by atoms with van der Waals surface area (Å²) < 4.78 is 20.1. The van der Waals surface area contributed by atoms with Crippen LogP contribution in [0, 0.1) is 0 Å². The van der Waals surface area contributed by atoms with E-state index >= 15 is 0 Å². The van der Waals surface area contributed by atoms with E-state index in [2.05, 4.69) is 0 Å². The molecule has 0 bridgehead atoms. The Labute approximate surface area is 76.9 Å². The summed E-state index contributed by atoms with van der Waals surface area (Å²) in [6.07, 6.45) is -0.208. The maximum Gasteiger partial charge on any atom is 0.302 e. The molecule has 1 fully saturated rings. The quantitative estimate of drug-likeness (QED) is 0.596. The fourth-order valence-corrected chi connectivity index (χ4v) is 0.943. The Balaban J connectivity index is 2.13. The number of carbonyl (C=O) groups is 1. The van der Waals surface area contributed by atoms with Gasteiger partial charge < -0.3 is 18.9 Å². The predicted molar refractivity (Wildman–Crippen MR) is 42.9 cm³/mol. The summed E-state index contributed by atoms with van der Waals surface area (Å²) in [6.45, 7) is 3.76. The Hall–Kier alpha value is -0.650. The van der Waals surface area contributed by atoms with Gasteiger partial charge in [-0.15, -0.1) is 0 Å². The first-order valence-electron chi connectivity index (χ1n) is 4.24. The maximum atomic E-state index is 10.5. The summed E-state index contributed by atoms with van der Waals surface area (Å²) >= 11 is 0. The average Bonchev–Trinajstić information content (AvgIpc) is 2.50. The molecule has 1 aliphatic rings. The molecule has 0 radical (unpaired) electrons. The van der Waals surface area contributed by atoms with Gasteiger partial charge >= 0.3 is 5.97 Å². The van der Waals surface area contributed by atoms with E-state index in [0.29, 0.717) is 13.2 Å². The smallest absolute Gasteiger partial charge is 0.302 e. The topological polar surface area (TPSA) is 54.0 Å². The molecule has 0 aromatic carbocycles. The molecule has 1 saturated heterocycles. The SMILES string of the molecule is CCO[C@H]1OC[C@@H](COC(C)=O)O1. The molecular weight excluding hydrogens is 176 g/mol. The van der Waals surface area contributed by atoms with Crippen molar-refractivity contribution in [3.63, 3.8) is 0 Å². The third kappa shape index (κ3) is 3.71. The van der Waals surface area contributed by atoms with E-state index in [9.17, 15) is 4.79 Å². The van der Waals surface area contributed by atoms with Crippen molar-refractivity contribution in [1.82, 2.24) is 0 Å². The minimum absolute atomic E-state index is 0.208. The second-order valence-corrected chi connectivity index (χ2v) is 2.64. The van der Waals surface area contributed by atoms with E-state index in [-0.39, 0.29) is 18.7 Å². The van der Waals surface area contributed by atoms with Crippen LogP contribution in [-0.4, -0.2) is 38.4 Å². The second kappa shape index (κ2) is 5.16. The van der Waals surface area contributed by atoms with Gasteiger partial charge in [-0.25, -0.2) is 0 Å². The van der Waals surface area contributed by atoms with Crippen molar-refractivity contribution in [2.24, 2.45) is 0 Å². The van der Waals surface area contributed by atoms with Crippen LogP contribution in [0.2, 0.25) is 0 Å². The Kier molecular flexibility index (Phi) is 4.14. The molecular formula is C8H14O5. The molecule has 2 atom stereocenters. The second-order valence-electron chi connectivity index (χ2n) is 2.64. The average molecular weight is 190 g/mol. The van der Waals surface area contributed by atoms with E-state index in [4.69, 9.17) is 18.9 Å². The molecule has 0 aromatic heterocycles. The highest BCUT2D eigenvalue weighted by molar-refractivity contribution is 5.65. The van der Waals surface area contributed by atoms with Crippen molar-refractivity contribution >= 4 is 5.97 Å². The lowest BCUT2D eigenvalue weighted by Crippen LogP contribution is -2.21. The monoisotopic (exact) mass is 190 g/mol. The van der Waals surface area contributed by atoms with Crippen LogP contribution >= 0.6 is 0 Å². The van der Waals surface area contributed by atoms with E-state index in [0.717, 1.165) is 0 Å². The van der Waals surface area contributed by atoms with Crippen LogP contribution < -0.4 is 0 Å². The molecule has 0 amide bonds. The van der Waals surface area contributed by atoms with Gasteiger partial charge in [0.2, 0.25) is 0 Å². The van der Waals surface area contributed by atoms with Gasteiger partial charge in [-0.3, -0.25) is 4.79 Å². The molecule has 0 aromatic rings.